The van der Waals surface area contributed by atoms with Crippen LogP contribution in [0.5, 0.6) is 5.75 Å². The van der Waals surface area contributed by atoms with Crippen LogP contribution in [0.4, 0.5) is 0 Å². The van der Waals surface area contributed by atoms with Crippen molar-refractivity contribution in [2.24, 2.45) is 0 Å². The van der Waals surface area contributed by atoms with Gasteiger partial charge >= 0.3 is 0 Å². The number of nitrogens with zero attached hydrogens (tertiary/aromatic N) is 1. The van der Waals surface area contributed by atoms with Gasteiger partial charge in [-0.3, -0.25) is 4.79 Å². The van der Waals surface area contributed by atoms with E-state index in [1.165, 1.54) is 0 Å². The molecule has 0 saturated carbocycles. The van der Waals surface area contributed by atoms with Gasteiger partial charge in [-0.1, -0.05) is 25.1 Å². The van der Waals surface area contributed by atoms with Crippen molar-refractivity contribution in [3.05, 3.63) is 34.9 Å². The van der Waals surface area contributed by atoms with Crippen LogP contribution in [0.25, 0.3) is 6.08 Å². The van der Waals surface area contributed by atoms with Crippen LogP contribution in [0.3, 0.4) is 0 Å². The lowest BCUT2D eigenvalue weighted by Crippen LogP contribution is -2.25. The molecular formula is C17H20N2O2. The number of ether oxygens (including phenoxy) is 1. The number of rotatable bonds is 4. The van der Waals surface area contributed by atoms with Gasteiger partial charge in [-0.25, -0.2) is 0 Å². The lowest BCUT2D eigenvalue weighted by molar-refractivity contribution is -0.117. The molecule has 0 aliphatic carbocycles. The number of nitriles is 1. The zero-order valence-corrected chi connectivity index (χ0v) is 12.7. The topological polar surface area (TPSA) is 62.1 Å². The van der Waals surface area contributed by atoms with E-state index in [-0.39, 0.29) is 17.1 Å². The highest BCUT2D eigenvalue weighted by molar-refractivity contribution is 6.02. The van der Waals surface area contributed by atoms with E-state index in [1.807, 2.05) is 45.0 Å². The van der Waals surface area contributed by atoms with Crippen molar-refractivity contribution < 1.29 is 9.53 Å². The van der Waals surface area contributed by atoms with E-state index in [4.69, 9.17) is 4.74 Å². The summed E-state index contributed by atoms with van der Waals surface area (Å²) in [6, 6.07) is 7.77. The second-order valence-electron chi connectivity index (χ2n) is 5.80. The molecule has 4 heteroatoms. The highest BCUT2D eigenvalue weighted by atomic mass is 16.5. The second-order valence-corrected chi connectivity index (χ2v) is 5.80. The third-order valence-corrected chi connectivity index (χ3v) is 3.32. The van der Waals surface area contributed by atoms with Crippen molar-refractivity contribution in [3.8, 4) is 11.8 Å². The van der Waals surface area contributed by atoms with E-state index in [2.05, 4.69) is 5.32 Å². The molecule has 110 valence electrons. The molecule has 1 N–H and O–H groups in total. The number of fused-ring (bicyclic) bond motifs is 1. The second kappa shape index (κ2) is 6.01. The Labute approximate surface area is 125 Å². The van der Waals surface area contributed by atoms with Gasteiger partial charge in [0.05, 0.1) is 0 Å². The fourth-order valence-electron chi connectivity index (χ4n) is 2.39. The van der Waals surface area contributed by atoms with Gasteiger partial charge in [-0.05, 0) is 31.9 Å². The average molecular weight is 284 g/mol. The molecule has 1 amide bonds. The minimum atomic E-state index is -0.339. The van der Waals surface area contributed by atoms with Gasteiger partial charge in [0.25, 0.3) is 5.91 Å². The fourth-order valence-corrected chi connectivity index (χ4v) is 2.39. The maximum absolute atomic E-state index is 11.9. The van der Waals surface area contributed by atoms with Crippen molar-refractivity contribution in [2.45, 2.75) is 39.2 Å². The summed E-state index contributed by atoms with van der Waals surface area (Å²) in [5.74, 6) is 0.438. The minimum absolute atomic E-state index is 0.102. The molecule has 0 unspecified atom stereocenters. The summed E-state index contributed by atoms with van der Waals surface area (Å²) in [5, 5.41) is 11.9. The normalized spacial score (nSPS) is 15.8. The number of nitrogens with one attached hydrogen (secondary N) is 1. The molecule has 2 rings (SSSR count). The van der Waals surface area contributed by atoms with Crippen LogP contribution in [-0.4, -0.2) is 18.1 Å². The molecule has 1 aromatic rings. The van der Waals surface area contributed by atoms with Crippen LogP contribution in [0.2, 0.25) is 0 Å². The smallest absolute Gasteiger partial charge is 0.261 e. The Morgan fingerprint density at radius 2 is 2.29 bits per heavy atom. The Balaban J connectivity index is 2.32. The van der Waals surface area contributed by atoms with Crippen LogP contribution in [0, 0.1) is 11.3 Å². The van der Waals surface area contributed by atoms with E-state index in [9.17, 15) is 10.1 Å². The first-order valence-electron chi connectivity index (χ1n) is 7.18. The van der Waals surface area contributed by atoms with Gasteiger partial charge in [-0.15, -0.1) is 0 Å². The molecule has 0 saturated heterocycles. The standard InChI is InChI=1S/C17H20N2O2/c1-4-8-19-16(20)14(11-18)9-12-6-5-7-13-10-17(2,3)21-15(12)13/h5-7,9H,4,8,10H2,1-3H3,(H,19,20)/b14-9+. The van der Waals surface area contributed by atoms with Crippen molar-refractivity contribution in [2.75, 3.05) is 6.54 Å². The summed E-state index contributed by atoms with van der Waals surface area (Å²) in [6.07, 6.45) is 3.27. The van der Waals surface area contributed by atoms with Crippen LogP contribution >= 0.6 is 0 Å². The molecule has 0 radical (unpaired) electrons. The van der Waals surface area contributed by atoms with Crippen molar-refractivity contribution in [3.63, 3.8) is 0 Å². The van der Waals surface area contributed by atoms with E-state index < -0.39 is 0 Å². The van der Waals surface area contributed by atoms with Gasteiger partial charge in [0.15, 0.2) is 0 Å². The Morgan fingerprint density at radius 3 is 2.95 bits per heavy atom. The fraction of sp³-hybridized carbons (Fsp3) is 0.412. The molecule has 21 heavy (non-hydrogen) atoms. The summed E-state index contributed by atoms with van der Waals surface area (Å²) in [7, 11) is 0. The van der Waals surface area contributed by atoms with Crippen LogP contribution in [0.15, 0.2) is 23.8 Å². The monoisotopic (exact) mass is 284 g/mol. The SMILES string of the molecule is CCCNC(=O)/C(C#N)=C/c1cccc2c1OC(C)(C)C2. The molecule has 1 heterocycles. The molecule has 4 nitrogen and oxygen atoms in total. The third kappa shape index (κ3) is 3.43. The quantitative estimate of drug-likeness (QED) is 0.683. The molecular weight excluding hydrogens is 264 g/mol. The number of para-hydroxylation sites is 1. The first kappa shape index (κ1) is 15.1. The third-order valence-electron chi connectivity index (χ3n) is 3.32. The van der Waals surface area contributed by atoms with Gasteiger partial charge < -0.3 is 10.1 Å². The highest BCUT2D eigenvalue weighted by Gasteiger charge is 2.31. The molecule has 1 aromatic carbocycles. The van der Waals surface area contributed by atoms with Crippen LogP contribution < -0.4 is 10.1 Å². The number of carbonyl (C=O) groups is 1. The van der Waals surface area contributed by atoms with Crippen molar-refractivity contribution in [1.82, 2.24) is 5.32 Å². The lowest BCUT2D eigenvalue weighted by atomic mass is 10.00. The highest BCUT2D eigenvalue weighted by Crippen LogP contribution is 2.38. The average Bonchev–Trinajstić information content (AvgIpc) is 2.76. The van der Waals surface area contributed by atoms with Gasteiger partial charge in [0.2, 0.25) is 0 Å². The summed E-state index contributed by atoms with van der Waals surface area (Å²) < 4.78 is 5.95. The van der Waals surface area contributed by atoms with Gasteiger partial charge in [-0.2, -0.15) is 5.26 Å². The number of benzene rings is 1. The summed E-state index contributed by atoms with van der Waals surface area (Å²) in [6.45, 7) is 6.59. The Kier molecular flexibility index (Phi) is 4.32. The van der Waals surface area contributed by atoms with E-state index >= 15 is 0 Å². The molecule has 0 aromatic heterocycles. The molecule has 0 fully saturated rings. The number of carbonyl (C=O) groups excluding carboxylic acids is 1. The Morgan fingerprint density at radius 1 is 1.52 bits per heavy atom. The van der Waals surface area contributed by atoms with E-state index in [0.717, 1.165) is 29.7 Å². The zero-order chi connectivity index (χ0) is 15.5. The molecule has 1 aliphatic heterocycles. The predicted octanol–water partition coefficient (Wildman–Crippen LogP) is 2.83. The Bertz CT molecular complexity index is 624. The van der Waals surface area contributed by atoms with E-state index in [0.29, 0.717) is 6.54 Å². The molecule has 0 atom stereocenters. The number of amides is 1. The van der Waals surface area contributed by atoms with Gasteiger partial charge in [0.1, 0.15) is 23.0 Å². The van der Waals surface area contributed by atoms with Crippen molar-refractivity contribution >= 4 is 12.0 Å². The summed E-state index contributed by atoms with van der Waals surface area (Å²) in [4.78, 5) is 11.9. The largest absolute Gasteiger partial charge is 0.487 e. The molecule has 1 aliphatic rings. The maximum atomic E-state index is 11.9. The van der Waals surface area contributed by atoms with Crippen molar-refractivity contribution in [1.29, 1.82) is 5.26 Å². The number of hydrogen-bond acceptors (Lipinski definition) is 3. The van der Waals surface area contributed by atoms with Gasteiger partial charge in [0, 0.05) is 18.5 Å². The van der Waals surface area contributed by atoms with Crippen LogP contribution in [-0.2, 0) is 11.2 Å². The summed E-state index contributed by atoms with van der Waals surface area (Å²) >= 11 is 0. The first-order valence-corrected chi connectivity index (χ1v) is 7.18. The molecule has 0 bridgehead atoms. The molecule has 0 spiro atoms. The number of hydrogen-bond donors (Lipinski definition) is 1. The maximum Gasteiger partial charge on any atom is 0.261 e. The van der Waals surface area contributed by atoms with E-state index in [1.54, 1.807) is 6.08 Å². The van der Waals surface area contributed by atoms with Crippen LogP contribution in [0.1, 0.15) is 38.3 Å². The minimum Gasteiger partial charge on any atom is -0.487 e. The predicted molar refractivity (Wildman–Crippen MR) is 81.7 cm³/mol. The lowest BCUT2D eigenvalue weighted by Gasteiger charge is -2.17. The first-order chi connectivity index (χ1) is 9.96. The Hall–Kier alpha value is -2.28. The zero-order valence-electron chi connectivity index (χ0n) is 12.7. The summed E-state index contributed by atoms with van der Waals surface area (Å²) in [5.41, 5.74) is 1.75.